The van der Waals surface area contributed by atoms with E-state index in [0.29, 0.717) is 12.3 Å². The lowest BCUT2D eigenvalue weighted by Gasteiger charge is -2.17. The molecule has 4 nitrogen and oxygen atoms in total. The van der Waals surface area contributed by atoms with Crippen LogP contribution in [0.25, 0.3) is 0 Å². The fraction of sp³-hybridized carbons (Fsp3) is 0.333. The monoisotopic (exact) mass is 289 g/mol. The molecule has 1 aromatic carbocycles. The Kier molecular flexibility index (Phi) is 4.84. The Labute approximate surface area is 124 Å². The van der Waals surface area contributed by atoms with Crippen LogP contribution in [-0.2, 0) is 6.54 Å². The average molecular weight is 289 g/mol. The molecule has 106 valence electrons. The Bertz CT molecular complexity index is 610. The molecule has 0 radical (unpaired) electrons. The second kappa shape index (κ2) is 6.61. The molecular formula is C15H19N3OS. The molecule has 0 saturated heterocycles. The van der Waals surface area contributed by atoms with Gasteiger partial charge in [-0.2, -0.15) is 17.7 Å². The number of rotatable bonds is 5. The summed E-state index contributed by atoms with van der Waals surface area (Å²) in [5.41, 5.74) is 1.90. The molecule has 1 aromatic heterocycles. The summed E-state index contributed by atoms with van der Waals surface area (Å²) >= 11 is 4.39. The van der Waals surface area contributed by atoms with Gasteiger partial charge in [-0.1, -0.05) is 30.3 Å². The van der Waals surface area contributed by atoms with E-state index >= 15 is 0 Å². The van der Waals surface area contributed by atoms with E-state index in [9.17, 15) is 4.79 Å². The van der Waals surface area contributed by atoms with Crippen LogP contribution in [0.4, 0.5) is 5.69 Å². The van der Waals surface area contributed by atoms with Crippen LogP contribution in [0.15, 0.2) is 47.4 Å². The van der Waals surface area contributed by atoms with Crippen LogP contribution in [0.1, 0.15) is 11.5 Å². The SMILES string of the molecule is CN(C)c1cnn(CC(CS)c2ccccc2)c(=O)c1. The summed E-state index contributed by atoms with van der Waals surface area (Å²) in [6.45, 7) is 0.542. The molecule has 2 rings (SSSR count). The van der Waals surface area contributed by atoms with Crippen molar-refractivity contribution in [1.29, 1.82) is 0 Å². The molecule has 5 heteroatoms. The second-order valence-electron chi connectivity index (χ2n) is 4.92. The third-order valence-electron chi connectivity index (χ3n) is 3.26. The molecule has 0 N–H and O–H groups in total. The summed E-state index contributed by atoms with van der Waals surface area (Å²) in [6.07, 6.45) is 1.71. The lowest BCUT2D eigenvalue weighted by Crippen LogP contribution is -2.27. The fourth-order valence-corrected chi connectivity index (χ4v) is 2.33. The molecule has 1 unspecified atom stereocenters. The Hall–Kier alpha value is -1.75. The van der Waals surface area contributed by atoms with Crippen molar-refractivity contribution in [2.45, 2.75) is 12.5 Å². The number of thiol groups is 1. The first kappa shape index (κ1) is 14.7. The van der Waals surface area contributed by atoms with Crippen LogP contribution >= 0.6 is 12.6 Å². The van der Waals surface area contributed by atoms with Crippen molar-refractivity contribution in [2.75, 3.05) is 24.7 Å². The summed E-state index contributed by atoms with van der Waals surface area (Å²) in [7, 11) is 3.78. The number of hydrogen-bond acceptors (Lipinski definition) is 4. The summed E-state index contributed by atoms with van der Waals surface area (Å²) in [4.78, 5) is 13.9. The third kappa shape index (κ3) is 3.42. The Morgan fingerprint density at radius 3 is 2.55 bits per heavy atom. The van der Waals surface area contributed by atoms with Crippen LogP contribution in [0.2, 0.25) is 0 Å². The van der Waals surface area contributed by atoms with Gasteiger partial charge >= 0.3 is 0 Å². The zero-order valence-corrected chi connectivity index (χ0v) is 12.6. The van der Waals surface area contributed by atoms with Crippen molar-refractivity contribution in [2.24, 2.45) is 0 Å². The van der Waals surface area contributed by atoms with Crippen LogP contribution < -0.4 is 10.5 Å². The number of benzene rings is 1. The van der Waals surface area contributed by atoms with Gasteiger partial charge in [-0.25, -0.2) is 4.68 Å². The molecule has 0 saturated carbocycles. The van der Waals surface area contributed by atoms with Crippen LogP contribution in [0.5, 0.6) is 0 Å². The summed E-state index contributed by atoms with van der Waals surface area (Å²) in [5, 5.41) is 4.24. The number of hydrogen-bond donors (Lipinski definition) is 1. The maximum atomic E-state index is 12.1. The Morgan fingerprint density at radius 2 is 2.00 bits per heavy atom. The predicted octanol–water partition coefficient (Wildman–Crippen LogP) is 2.02. The van der Waals surface area contributed by atoms with Gasteiger partial charge in [0.15, 0.2) is 0 Å². The highest BCUT2D eigenvalue weighted by molar-refractivity contribution is 7.80. The number of aromatic nitrogens is 2. The molecule has 1 heterocycles. The average Bonchev–Trinajstić information content (AvgIpc) is 2.46. The van der Waals surface area contributed by atoms with E-state index in [2.05, 4.69) is 29.9 Å². The van der Waals surface area contributed by atoms with Gasteiger partial charge in [0, 0.05) is 26.1 Å². The molecule has 1 atom stereocenters. The molecule has 0 aliphatic rings. The van der Waals surface area contributed by atoms with Crippen molar-refractivity contribution in [3.05, 3.63) is 58.5 Å². The van der Waals surface area contributed by atoms with Crippen molar-refractivity contribution in [1.82, 2.24) is 9.78 Å². The highest BCUT2D eigenvalue weighted by atomic mass is 32.1. The molecular weight excluding hydrogens is 270 g/mol. The maximum absolute atomic E-state index is 12.1. The van der Waals surface area contributed by atoms with Gasteiger partial charge in [-0.05, 0) is 11.3 Å². The predicted molar refractivity (Wildman–Crippen MR) is 85.9 cm³/mol. The molecule has 0 aliphatic carbocycles. The number of anilines is 1. The third-order valence-corrected chi connectivity index (χ3v) is 3.70. The first-order valence-corrected chi connectivity index (χ1v) is 7.15. The maximum Gasteiger partial charge on any atom is 0.268 e. The topological polar surface area (TPSA) is 38.1 Å². The van der Waals surface area contributed by atoms with Gasteiger partial charge in [-0.15, -0.1) is 0 Å². The zero-order valence-electron chi connectivity index (χ0n) is 11.7. The summed E-state index contributed by atoms with van der Waals surface area (Å²) < 4.78 is 1.50. The van der Waals surface area contributed by atoms with Crippen molar-refractivity contribution < 1.29 is 0 Å². The molecule has 0 amide bonds. The van der Waals surface area contributed by atoms with Gasteiger partial charge in [0.05, 0.1) is 18.4 Å². The molecule has 2 aromatic rings. The van der Waals surface area contributed by atoms with E-state index in [0.717, 1.165) is 5.69 Å². The van der Waals surface area contributed by atoms with Crippen molar-refractivity contribution in [3.8, 4) is 0 Å². The second-order valence-corrected chi connectivity index (χ2v) is 5.28. The highest BCUT2D eigenvalue weighted by Crippen LogP contribution is 2.18. The zero-order chi connectivity index (χ0) is 14.5. The van der Waals surface area contributed by atoms with Crippen LogP contribution in [0, 0.1) is 0 Å². The summed E-state index contributed by atoms with van der Waals surface area (Å²) in [5.74, 6) is 0.850. The van der Waals surface area contributed by atoms with E-state index in [1.54, 1.807) is 12.3 Å². The molecule has 0 aliphatic heterocycles. The van der Waals surface area contributed by atoms with Gasteiger partial charge in [-0.3, -0.25) is 4.79 Å². The van der Waals surface area contributed by atoms with Crippen LogP contribution in [0.3, 0.4) is 0 Å². The normalized spacial score (nSPS) is 12.2. The van der Waals surface area contributed by atoms with Gasteiger partial charge < -0.3 is 4.90 Å². The highest BCUT2D eigenvalue weighted by Gasteiger charge is 2.12. The minimum atomic E-state index is -0.0843. The van der Waals surface area contributed by atoms with E-state index in [-0.39, 0.29) is 11.5 Å². The van der Waals surface area contributed by atoms with E-state index < -0.39 is 0 Å². The lowest BCUT2D eigenvalue weighted by molar-refractivity contribution is 0.522. The minimum Gasteiger partial charge on any atom is -0.376 e. The van der Waals surface area contributed by atoms with E-state index in [1.807, 2.05) is 37.2 Å². The number of nitrogens with zero attached hydrogens (tertiary/aromatic N) is 3. The quantitative estimate of drug-likeness (QED) is 0.856. The first-order chi connectivity index (χ1) is 9.61. The minimum absolute atomic E-state index is 0.0843. The molecule has 0 fully saturated rings. The standard InChI is InChI=1S/C15H19N3OS/c1-17(2)14-8-15(19)18(16-9-14)10-13(11-20)12-6-4-3-5-7-12/h3-9,13,20H,10-11H2,1-2H3. The largest absolute Gasteiger partial charge is 0.376 e. The van der Waals surface area contributed by atoms with Gasteiger partial charge in [0.25, 0.3) is 5.56 Å². The molecule has 20 heavy (non-hydrogen) atoms. The Morgan fingerprint density at radius 1 is 1.30 bits per heavy atom. The van der Waals surface area contributed by atoms with Gasteiger partial charge in [0.2, 0.25) is 0 Å². The van der Waals surface area contributed by atoms with Crippen LogP contribution in [-0.4, -0.2) is 29.6 Å². The summed E-state index contributed by atoms with van der Waals surface area (Å²) in [6, 6.07) is 11.7. The van der Waals surface area contributed by atoms with E-state index in [1.165, 1.54) is 10.2 Å². The van der Waals surface area contributed by atoms with Crippen molar-refractivity contribution >= 4 is 18.3 Å². The smallest absolute Gasteiger partial charge is 0.268 e. The lowest BCUT2D eigenvalue weighted by atomic mass is 10.0. The fourth-order valence-electron chi connectivity index (χ4n) is 2.01. The first-order valence-electron chi connectivity index (χ1n) is 6.52. The molecule has 0 bridgehead atoms. The molecule has 0 spiro atoms. The Balaban J connectivity index is 2.22. The van der Waals surface area contributed by atoms with Gasteiger partial charge in [0.1, 0.15) is 0 Å². The van der Waals surface area contributed by atoms with Crippen molar-refractivity contribution in [3.63, 3.8) is 0 Å². The van der Waals surface area contributed by atoms with E-state index in [4.69, 9.17) is 0 Å².